The molecule has 2 saturated heterocycles. The first kappa shape index (κ1) is 18.2. The third-order valence-electron chi connectivity index (χ3n) is 6.11. The Bertz CT molecular complexity index is 584. The molecule has 0 bridgehead atoms. The van der Waals surface area contributed by atoms with Gasteiger partial charge in [0.1, 0.15) is 18.5 Å². The summed E-state index contributed by atoms with van der Waals surface area (Å²) in [6, 6.07) is 8.41. The SMILES string of the molecule is O[C@H](COc1cccc(CN2CCCCC23CC3)c1)CN1CCOCC1. The van der Waals surface area contributed by atoms with Crippen LogP contribution in [-0.4, -0.2) is 72.5 Å². The van der Waals surface area contributed by atoms with Gasteiger partial charge in [-0.25, -0.2) is 0 Å². The van der Waals surface area contributed by atoms with Crippen molar-refractivity contribution < 1.29 is 14.6 Å². The third-order valence-corrected chi connectivity index (χ3v) is 6.11. The van der Waals surface area contributed by atoms with Gasteiger partial charge in [0, 0.05) is 31.7 Å². The second kappa shape index (κ2) is 8.26. The van der Waals surface area contributed by atoms with Crippen LogP contribution in [0.2, 0.25) is 0 Å². The molecule has 1 spiro atoms. The summed E-state index contributed by atoms with van der Waals surface area (Å²) in [5, 5.41) is 10.3. The third kappa shape index (κ3) is 4.58. The fourth-order valence-electron chi connectivity index (χ4n) is 4.39. The van der Waals surface area contributed by atoms with Crippen LogP contribution in [0.4, 0.5) is 0 Å². The Morgan fingerprint density at radius 2 is 1.96 bits per heavy atom. The van der Waals surface area contributed by atoms with E-state index in [0.717, 1.165) is 38.6 Å². The fourth-order valence-corrected chi connectivity index (χ4v) is 4.39. The normalized spacial score (nSPS) is 24.5. The van der Waals surface area contributed by atoms with Gasteiger partial charge in [0.2, 0.25) is 0 Å². The number of morpholine rings is 1. The monoisotopic (exact) mass is 360 g/mol. The molecule has 1 aromatic carbocycles. The van der Waals surface area contributed by atoms with Crippen molar-refractivity contribution in [2.45, 2.75) is 50.3 Å². The molecule has 0 aromatic heterocycles. The van der Waals surface area contributed by atoms with Crippen LogP contribution >= 0.6 is 0 Å². The van der Waals surface area contributed by atoms with Gasteiger partial charge in [0.15, 0.2) is 0 Å². The summed E-state index contributed by atoms with van der Waals surface area (Å²) in [7, 11) is 0. The molecule has 1 aliphatic carbocycles. The van der Waals surface area contributed by atoms with Crippen molar-refractivity contribution in [1.29, 1.82) is 0 Å². The van der Waals surface area contributed by atoms with Gasteiger partial charge in [0.25, 0.3) is 0 Å². The lowest BCUT2D eigenvalue weighted by Gasteiger charge is -2.36. The molecule has 0 radical (unpaired) electrons. The van der Waals surface area contributed by atoms with Gasteiger partial charge < -0.3 is 14.6 Å². The number of hydrogen-bond donors (Lipinski definition) is 1. The summed E-state index contributed by atoms with van der Waals surface area (Å²) in [5.74, 6) is 0.866. The topological polar surface area (TPSA) is 45.2 Å². The molecule has 2 heterocycles. The molecule has 2 aliphatic heterocycles. The van der Waals surface area contributed by atoms with E-state index in [1.54, 1.807) is 0 Å². The molecule has 0 amide bonds. The minimum Gasteiger partial charge on any atom is -0.491 e. The van der Waals surface area contributed by atoms with Crippen LogP contribution in [0, 0.1) is 0 Å². The molecular weight excluding hydrogens is 328 g/mol. The van der Waals surface area contributed by atoms with E-state index in [0.29, 0.717) is 18.7 Å². The van der Waals surface area contributed by atoms with Crippen molar-refractivity contribution in [2.24, 2.45) is 0 Å². The minimum absolute atomic E-state index is 0.342. The number of piperidine rings is 1. The summed E-state index contributed by atoms with van der Waals surface area (Å²) < 4.78 is 11.2. The molecule has 4 rings (SSSR count). The first-order valence-electron chi connectivity index (χ1n) is 10.2. The van der Waals surface area contributed by atoms with Crippen LogP contribution in [-0.2, 0) is 11.3 Å². The zero-order chi connectivity index (χ0) is 17.8. The van der Waals surface area contributed by atoms with Gasteiger partial charge in [-0.2, -0.15) is 0 Å². The molecular formula is C21H32N2O3. The van der Waals surface area contributed by atoms with Crippen molar-refractivity contribution in [2.75, 3.05) is 46.0 Å². The number of hydrogen-bond acceptors (Lipinski definition) is 5. The number of ether oxygens (including phenoxy) is 2. The maximum atomic E-state index is 10.3. The van der Waals surface area contributed by atoms with Crippen LogP contribution in [0.25, 0.3) is 0 Å². The first-order chi connectivity index (χ1) is 12.7. The van der Waals surface area contributed by atoms with E-state index >= 15 is 0 Å². The number of aliphatic hydroxyl groups excluding tert-OH is 1. The van der Waals surface area contributed by atoms with Gasteiger partial charge in [-0.3, -0.25) is 9.80 Å². The fraction of sp³-hybridized carbons (Fsp3) is 0.714. The highest BCUT2D eigenvalue weighted by molar-refractivity contribution is 5.29. The Hall–Kier alpha value is -1.14. The smallest absolute Gasteiger partial charge is 0.119 e. The van der Waals surface area contributed by atoms with E-state index in [9.17, 15) is 5.11 Å². The second-order valence-corrected chi connectivity index (χ2v) is 8.13. The van der Waals surface area contributed by atoms with Crippen molar-refractivity contribution >= 4 is 0 Å². The average Bonchev–Trinajstić information content (AvgIpc) is 3.44. The van der Waals surface area contributed by atoms with Crippen LogP contribution in [0.5, 0.6) is 5.75 Å². The Morgan fingerprint density at radius 1 is 1.12 bits per heavy atom. The van der Waals surface area contributed by atoms with Gasteiger partial charge in [0.05, 0.1) is 13.2 Å². The zero-order valence-corrected chi connectivity index (χ0v) is 15.7. The summed E-state index contributed by atoms with van der Waals surface area (Å²) in [6.45, 7) is 6.54. The van der Waals surface area contributed by atoms with E-state index in [1.165, 1.54) is 44.2 Å². The Balaban J connectivity index is 1.27. The number of β-amino-alcohol motifs (C(OH)–C–C–N with tert-alkyl or cyclic N) is 1. The lowest BCUT2D eigenvalue weighted by Crippen LogP contribution is -2.42. The van der Waals surface area contributed by atoms with Gasteiger partial charge in [-0.15, -0.1) is 0 Å². The van der Waals surface area contributed by atoms with Crippen molar-refractivity contribution in [3.8, 4) is 5.75 Å². The van der Waals surface area contributed by atoms with Crippen molar-refractivity contribution in [3.05, 3.63) is 29.8 Å². The summed E-state index contributed by atoms with van der Waals surface area (Å²) in [4.78, 5) is 4.92. The minimum atomic E-state index is -0.464. The quantitative estimate of drug-likeness (QED) is 0.808. The molecule has 26 heavy (non-hydrogen) atoms. The number of rotatable bonds is 7. The highest BCUT2D eigenvalue weighted by Crippen LogP contribution is 2.48. The zero-order valence-electron chi connectivity index (χ0n) is 15.7. The average molecular weight is 360 g/mol. The summed E-state index contributed by atoms with van der Waals surface area (Å²) in [6.07, 6.45) is 6.37. The van der Waals surface area contributed by atoms with Crippen LogP contribution in [0.15, 0.2) is 24.3 Å². The van der Waals surface area contributed by atoms with Crippen molar-refractivity contribution in [3.63, 3.8) is 0 Å². The lowest BCUT2D eigenvalue weighted by atomic mass is 9.99. The van der Waals surface area contributed by atoms with Gasteiger partial charge in [-0.1, -0.05) is 18.6 Å². The molecule has 5 heteroatoms. The van der Waals surface area contributed by atoms with Gasteiger partial charge >= 0.3 is 0 Å². The molecule has 144 valence electrons. The Morgan fingerprint density at radius 3 is 2.77 bits per heavy atom. The largest absolute Gasteiger partial charge is 0.491 e. The second-order valence-electron chi connectivity index (χ2n) is 8.13. The molecule has 3 fully saturated rings. The van der Waals surface area contributed by atoms with E-state index in [2.05, 4.69) is 28.0 Å². The Kier molecular flexibility index (Phi) is 5.79. The van der Waals surface area contributed by atoms with Crippen molar-refractivity contribution in [1.82, 2.24) is 9.80 Å². The maximum absolute atomic E-state index is 10.3. The molecule has 1 saturated carbocycles. The number of nitrogens with zero attached hydrogens (tertiary/aromatic N) is 2. The van der Waals surface area contributed by atoms with E-state index in [4.69, 9.17) is 9.47 Å². The Labute approximate surface area is 156 Å². The van der Waals surface area contributed by atoms with Gasteiger partial charge in [-0.05, 0) is 49.9 Å². The molecule has 1 N–H and O–H groups in total. The number of likely N-dealkylation sites (tertiary alicyclic amines) is 1. The highest BCUT2D eigenvalue weighted by Gasteiger charge is 2.48. The van der Waals surface area contributed by atoms with E-state index in [-0.39, 0.29) is 0 Å². The van der Waals surface area contributed by atoms with Crippen LogP contribution < -0.4 is 4.74 Å². The van der Waals surface area contributed by atoms with E-state index < -0.39 is 6.10 Å². The molecule has 3 aliphatic rings. The standard InChI is InChI=1S/C21H32N2O3/c24-19(16-22-10-12-25-13-11-22)17-26-20-5-3-4-18(14-20)15-23-9-2-1-6-21(23)7-8-21/h3-5,14,19,24H,1-2,6-13,15-17H2/t19-/m0/s1. The molecule has 1 atom stereocenters. The highest BCUT2D eigenvalue weighted by atomic mass is 16.5. The number of aliphatic hydroxyl groups is 1. The first-order valence-corrected chi connectivity index (χ1v) is 10.2. The lowest BCUT2D eigenvalue weighted by molar-refractivity contribution is 0.00464. The number of benzene rings is 1. The molecule has 1 aromatic rings. The van der Waals surface area contributed by atoms with Crippen LogP contribution in [0.1, 0.15) is 37.7 Å². The maximum Gasteiger partial charge on any atom is 0.119 e. The van der Waals surface area contributed by atoms with Crippen LogP contribution in [0.3, 0.4) is 0 Å². The summed E-state index contributed by atoms with van der Waals surface area (Å²) in [5.41, 5.74) is 1.84. The molecule has 0 unspecified atom stereocenters. The van der Waals surface area contributed by atoms with E-state index in [1.807, 2.05) is 6.07 Å². The predicted octanol–water partition coefficient (Wildman–Crippen LogP) is 2.28. The predicted molar refractivity (Wildman–Crippen MR) is 101 cm³/mol. The summed E-state index contributed by atoms with van der Waals surface area (Å²) >= 11 is 0. The molecule has 5 nitrogen and oxygen atoms in total.